The Morgan fingerprint density at radius 2 is 1.86 bits per heavy atom. The van der Waals surface area contributed by atoms with Crippen molar-refractivity contribution in [2.45, 2.75) is 50.2 Å². The second-order valence-corrected chi connectivity index (χ2v) is 8.82. The lowest BCUT2D eigenvalue weighted by molar-refractivity contribution is -0.137. The highest BCUT2D eigenvalue weighted by Gasteiger charge is 2.56. The number of aromatic nitrogens is 4. The Bertz CT molecular complexity index is 1190. The molecule has 1 amide bonds. The summed E-state index contributed by atoms with van der Waals surface area (Å²) >= 11 is 0. The molecule has 2 aromatic heterocycles. The number of benzene rings is 1. The van der Waals surface area contributed by atoms with E-state index in [2.05, 4.69) is 15.2 Å². The van der Waals surface area contributed by atoms with E-state index >= 15 is 0 Å². The highest BCUT2D eigenvalue weighted by Crippen LogP contribution is 2.46. The number of halogens is 3. The van der Waals surface area contributed by atoms with Gasteiger partial charge in [0.25, 0.3) is 5.91 Å². The fourth-order valence-electron chi connectivity index (χ4n) is 5.28. The molecule has 0 radical (unpaired) electrons. The minimum atomic E-state index is -4.47. The molecular formula is C24H24F3N5O3. The van der Waals surface area contributed by atoms with E-state index in [1.165, 1.54) is 23.3 Å². The molecule has 8 nitrogen and oxygen atoms in total. The lowest BCUT2D eigenvalue weighted by atomic mass is 9.92. The number of ether oxygens (including phenoxy) is 2. The summed E-state index contributed by atoms with van der Waals surface area (Å²) in [6.45, 7) is 1.93. The number of para-hydroxylation sites is 1. The lowest BCUT2D eigenvalue weighted by Crippen LogP contribution is -2.56. The van der Waals surface area contributed by atoms with Crippen molar-refractivity contribution in [3.63, 3.8) is 0 Å². The van der Waals surface area contributed by atoms with Crippen LogP contribution in [0.4, 0.5) is 13.2 Å². The van der Waals surface area contributed by atoms with Gasteiger partial charge in [-0.25, -0.2) is 4.98 Å². The van der Waals surface area contributed by atoms with Crippen molar-refractivity contribution >= 4 is 5.91 Å². The van der Waals surface area contributed by atoms with E-state index in [0.29, 0.717) is 24.1 Å². The molecule has 2 fully saturated rings. The third kappa shape index (κ3) is 4.24. The molecule has 1 aliphatic carbocycles. The van der Waals surface area contributed by atoms with Crippen LogP contribution < -0.4 is 4.74 Å². The van der Waals surface area contributed by atoms with E-state index in [1.54, 1.807) is 30.2 Å². The van der Waals surface area contributed by atoms with Crippen LogP contribution in [0.25, 0.3) is 5.69 Å². The number of carbonyl (C=O) groups excluding carboxylic acids is 1. The van der Waals surface area contributed by atoms with Crippen molar-refractivity contribution in [3.8, 4) is 11.6 Å². The molecule has 1 aliphatic heterocycles. The van der Waals surface area contributed by atoms with Gasteiger partial charge < -0.3 is 14.4 Å². The SMILES string of the molecule is COC(C)[C@@H]1[C@H]2C[C@@H](Oc3ccc(C(F)(F)F)cn3)[C@H](C2)N1C(=O)c1ccccc1-n1nccn1. The largest absolute Gasteiger partial charge is 0.472 e. The first-order valence-electron chi connectivity index (χ1n) is 11.3. The number of carbonyl (C=O) groups is 1. The predicted octanol–water partition coefficient (Wildman–Crippen LogP) is 3.77. The van der Waals surface area contributed by atoms with Crippen LogP contribution in [0.3, 0.4) is 0 Å². The summed E-state index contributed by atoms with van der Waals surface area (Å²) in [4.78, 5) is 21.0. The van der Waals surface area contributed by atoms with E-state index in [0.717, 1.165) is 12.3 Å². The number of nitrogens with zero attached hydrogens (tertiary/aromatic N) is 5. The topological polar surface area (TPSA) is 82.4 Å². The molecule has 1 unspecified atom stereocenters. The van der Waals surface area contributed by atoms with Gasteiger partial charge in [0.05, 0.1) is 47.4 Å². The second kappa shape index (κ2) is 8.95. The molecule has 5 atom stereocenters. The number of rotatable bonds is 6. The number of hydrogen-bond donors (Lipinski definition) is 0. The van der Waals surface area contributed by atoms with Gasteiger partial charge in [-0.3, -0.25) is 4.79 Å². The molecule has 1 saturated heterocycles. The summed E-state index contributed by atoms with van der Waals surface area (Å²) in [5.41, 5.74) is 0.152. The molecule has 3 heterocycles. The third-order valence-corrected chi connectivity index (χ3v) is 6.86. The summed E-state index contributed by atoms with van der Waals surface area (Å²) in [7, 11) is 1.61. The molecule has 3 aromatic rings. The molecule has 1 saturated carbocycles. The minimum Gasteiger partial charge on any atom is -0.472 e. The van der Waals surface area contributed by atoms with Crippen molar-refractivity contribution in [2.75, 3.05) is 7.11 Å². The van der Waals surface area contributed by atoms with Crippen LogP contribution in [0.5, 0.6) is 5.88 Å². The first-order valence-corrected chi connectivity index (χ1v) is 11.3. The molecule has 0 N–H and O–H groups in total. The Labute approximate surface area is 199 Å². The molecular weight excluding hydrogens is 463 g/mol. The number of hydrogen-bond acceptors (Lipinski definition) is 6. The molecule has 5 rings (SSSR count). The van der Waals surface area contributed by atoms with Gasteiger partial charge in [-0.1, -0.05) is 12.1 Å². The normalized spacial score (nSPS) is 24.5. The maximum absolute atomic E-state index is 13.9. The average molecular weight is 487 g/mol. The Kier molecular flexibility index (Phi) is 5.96. The van der Waals surface area contributed by atoms with Gasteiger partial charge in [-0.2, -0.15) is 28.2 Å². The fourth-order valence-corrected chi connectivity index (χ4v) is 5.28. The van der Waals surface area contributed by atoms with E-state index in [9.17, 15) is 18.0 Å². The number of likely N-dealkylation sites (tertiary alicyclic amines) is 1. The summed E-state index contributed by atoms with van der Waals surface area (Å²) in [6, 6.07) is 8.81. The summed E-state index contributed by atoms with van der Waals surface area (Å²) in [6.07, 6.45) is 0.106. The zero-order chi connectivity index (χ0) is 24.7. The van der Waals surface area contributed by atoms with Crippen molar-refractivity contribution < 1.29 is 27.4 Å². The van der Waals surface area contributed by atoms with Gasteiger partial charge in [0.1, 0.15) is 6.10 Å². The third-order valence-electron chi connectivity index (χ3n) is 6.86. The number of pyridine rings is 1. The van der Waals surface area contributed by atoms with E-state index in [-0.39, 0.29) is 35.9 Å². The standard InChI is InChI=1S/C24H24F3N5O3/c1-14(34-2)22-15-11-19(20(12-15)35-21-8-7-16(13-28-21)24(25,26)27)31(22)23(33)17-5-3-4-6-18(17)32-29-9-10-30-32/h3-10,13-15,19-20,22H,11-12H2,1-2H3/t14?,15-,19+,20-,22-/m1/s1. The first-order chi connectivity index (χ1) is 16.8. The number of methoxy groups -OCH3 is 1. The minimum absolute atomic E-state index is 0.0976. The molecule has 184 valence electrons. The van der Waals surface area contributed by atoms with Crippen LogP contribution in [0, 0.1) is 5.92 Å². The molecule has 35 heavy (non-hydrogen) atoms. The quantitative estimate of drug-likeness (QED) is 0.527. The van der Waals surface area contributed by atoms with Crippen LogP contribution in [0.1, 0.15) is 35.7 Å². The lowest BCUT2D eigenvalue weighted by Gasteiger charge is -2.41. The average Bonchev–Trinajstić information content (AvgIpc) is 3.59. The number of alkyl halides is 3. The second-order valence-electron chi connectivity index (χ2n) is 8.82. The maximum atomic E-state index is 13.9. The molecule has 1 aromatic carbocycles. The zero-order valence-electron chi connectivity index (χ0n) is 19.1. The summed E-state index contributed by atoms with van der Waals surface area (Å²) in [5.74, 6) is 0.0155. The molecule has 11 heteroatoms. The molecule has 2 aliphatic rings. The summed E-state index contributed by atoms with van der Waals surface area (Å²) < 4.78 is 50.3. The molecule has 0 spiro atoms. The van der Waals surface area contributed by atoms with Crippen molar-refractivity contribution in [3.05, 3.63) is 66.1 Å². The highest BCUT2D eigenvalue weighted by atomic mass is 19.4. The van der Waals surface area contributed by atoms with Gasteiger partial charge in [0.2, 0.25) is 5.88 Å². The van der Waals surface area contributed by atoms with Crippen molar-refractivity contribution in [1.29, 1.82) is 0 Å². The Morgan fingerprint density at radius 1 is 1.11 bits per heavy atom. The first kappa shape index (κ1) is 23.3. The van der Waals surface area contributed by atoms with Crippen LogP contribution in [0.15, 0.2) is 55.0 Å². The maximum Gasteiger partial charge on any atom is 0.417 e. The Balaban J connectivity index is 1.44. The monoisotopic (exact) mass is 487 g/mol. The number of fused-ring (bicyclic) bond motifs is 2. The Hall–Kier alpha value is -3.47. The number of amides is 1. The number of piperidine rings is 1. The van der Waals surface area contributed by atoms with Crippen molar-refractivity contribution in [2.24, 2.45) is 5.92 Å². The Morgan fingerprint density at radius 3 is 2.51 bits per heavy atom. The van der Waals surface area contributed by atoms with E-state index < -0.39 is 17.8 Å². The summed E-state index contributed by atoms with van der Waals surface area (Å²) in [5, 5.41) is 8.33. The van der Waals surface area contributed by atoms with Crippen LogP contribution in [0.2, 0.25) is 0 Å². The van der Waals surface area contributed by atoms with E-state index in [1.807, 2.05) is 13.0 Å². The van der Waals surface area contributed by atoms with Crippen LogP contribution >= 0.6 is 0 Å². The zero-order valence-corrected chi connectivity index (χ0v) is 19.1. The predicted molar refractivity (Wildman–Crippen MR) is 118 cm³/mol. The fraction of sp³-hybridized carbons (Fsp3) is 0.417. The van der Waals surface area contributed by atoms with Gasteiger partial charge in [-0.05, 0) is 43.9 Å². The van der Waals surface area contributed by atoms with Crippen LogP contribution in [-0.4, -0.2) is 62.2 Å². The van der Waals surface area contributed by atoms with Crippen molar-refractivity contribution in [1.82, 2.24) is 24.9 Å². The van der Waals surface area contributed by atoms with E-state index in [4.69, 9.17) is 9.47 Å². The van der Waals surface area contributed by atoms with Crippen LogP contribution in [-0.2, 0) is 10.9 Å². The van der Waals surface area contributed by atoms with Gasteiger partial charge >= 0.3 is 6.18 Å². The smallest absolute Gasteiger partial charge is 0.417 e. The molecule has 2 bridgehead atoms. The van der Waals surface area contributed by atoms with Gasteiger partial charge in [0, 0.05) is 19.4 Å². The van der Waals surface area contributed by atoms with Gasteiger partial charge in [-0.15, -0.1) is 0 Å². The highest BCUT2D eigenvalue weighted by molar-refractivity contribution is 5.98. The van der Waals surface area contributed by atoms with Gasteiger partial charge in [0.15, 0.2) is 0 Å².